The Morgan fingerprint density at radius 3 is 1.77 bits per heavy atom. The molecule has 0 aliphatic rings. The number of nitrogens with one attached hydrogen (secondary N) is 2. The van der Waals surface area contributed by atoms with Gasteiger partial charge in [-0.25, -0.2) is 24.5 Å². The Balaban J connectivity index is 0. The Kier molecular flexibility index (Phi) is 23.1. The summed E-state index contributed by atoms with van der Waals surface area (Å²) in [5, 5.41) is 5.77. The number of aliphatic imine (C=N–C) groups is 1. The number of aryl methyl sites for hydroxylation is 2. The number of carbonyl (C=O) groups is 1. The molecule has 0 bridgehead atoms. The van der Waals surface area contributed by atoms with E-state index in [1.807, 2.05) is 21.5 Å². The third kappa shape index (κ3) is 28.3. The molecule has 0 aliphatic heterocycles. The van der Waals surface area contributed by atoms with Gasteiger partial charge in [0.1, 0.15) is 0 Å². The predicted molar refractivity (Wildman–Crippen MR) is 169 cm³/mol. The van der Waals surface area contributed by atoms with Gasteiger partial charge in [0, 0.05) is 67.1 Å². The fourth-order valence-corrected chi connectivity index (χ4v) is 5.65. The monoisotopic (exact) mass is 580 g/mol. The first-order chi connectivity index (χ1) is 18.0. The molecule has 0 spiro atoms. The van der Waals surface area contributed by atoms with Crippen LogP contribution < -0.4 is 16.4 Å². The van der Waals surface area contributed by atoms with Crippen molar-refractivity contribution < 1.29 is 9.59 Å². The molecule has 0 aromatic carbocycles. The lowest BCUT2D eigenvalue weighted by atomic mass is 10.4. The van der Waals surface area contributed by atoms with Crippen molar-refractivity contribution in [2.24, 2.45) is 10.7 Å². The summed E-state index contributed by atoms with van der Waals surface area (Å²) in [6.45, 7) is 18.7. The van der Waals surface area contributed by atoms with Crippen LogP contribution in [0.3, 0.4) is 0 Å². The first kappa shape index (κ1) is 38.6. The molecule has 10 nitrogen and oxygen atoms in total. The smallest absolute Gasteiger partial charge is 0.314 e. The third-order valence-electron chi connectivity index (χ3n) is 5.27. The van der Waals surface area contributed by atoms with E-state index in [1.165, 1.54) is 12.1 Å². The van der Waals surface area contributed by atoms with E-state index >= 15 is 0 Å². The van der Waals surface area contributed by atoms with Gasteiger partial charge < -0.3 is 25.5 Å². The van der Waals surface area contributed by atoms with Gasteiger partial charge in [0.2, 0.25) is 6.08 Å². The highest BCUT2D eigenvalue weighted by molar-refractivity contribution is 6.76. The highest BCUT2D eigenvalue weighted by Crippen LogP contribution is 2.10. The molecule has 224 valence electrons. The largest absolute Gasteiger partial charge is 0.338 e. The Morgan fingerprint density at radius 1 is 0.846 bits per heavy atom. The van der Waals surface area contributed by atoms with Crippen molar-refractivity contribution in [2.45, 2.75) is 97.6 Å². The van der Waals surface area contributed by atoms with Crippen LogP contribution in [0.5, 0.6) is 0 Å². The maximum atomic E-state index is 11.5. The molecule has 2 aromatic rings. The molecule has 39 heavy (non-hydrogen) atoms. The molecular formula is C27H56N8O2Si2. The number of nitrogens with two attached hydrogens (primary N) is 1. The first-order valence-electron chi connectivity index (χ1n) is 13.6. The fraction of sp³-hybridized carbons (Fsp3) is 0.704. The second kappa shape index (κ2) is 23.4. The Bertz CT molecular complexity index is 857. The topological polar surface area (TPSA) is 132 Å². The quantitative estimate of drug-likeness (QED) is 0.115. The van der Waals surface area contributed by atoms with Crippen molar-refractivity contribution in [3.63, 3.8) is 0 Å². The van der Waals surface area contributed by atoms with Crippen molar-refractivity contribution in [3.05, 3.63) is 37.4 Å². The number of urea groups is 1. The predicted octanol–water partition coefficient (Wildman–Crippen LogP) is 5.22. The van der Waals surface area contributed by atoms with Crippen molar-refractivity contribution in [1.29, 1.82) is 0 Å². The van der Waals surface area contributed by atoms with Crippen LogP contribution in [0, 0.1) is 0 Å². The van der Waals surface area contributed by atoms with Gasteiger partial charge in [-0.05, 0) is 32.2 Å². The van der Waals surface area contributed by atoms with E-state index in [1.54, 1.807) is 31.1 Å². The maximum absolute atomic E-state index is 11.5. The van der Waals surface area contributed by atoms with Crippen LogP contribution in [0.15, 0.2) is 42.4 Å². The molecule has 2 rings (SSSR count). The number of aromatic nitrogens is 4. The minimum atomic E-state index is -0.972. The fourth-order valence-electron chi connectivity index (χ4n) is 3.19. The second-order valence-corrected chi connectivity index (χ2v) is 22.8. The Labute approximate surface area is 239 Å². The Morgan fingerprint density at radius 2 is 1.33 bits per heavy atom. The molecule has 0 saturated heterocycles. The van der Waals surface area contributed by atoms with E-state index in [4.69, 9.17) is 5.73 Å². The Hall–Kier alpha value is -2.54. The lowest BCUT2D eigenvalue weighted by Crippen LogP contribution is -2.37. The van der Waals surface area contributed by atoms with Crippen LogP contribution in [0.4, 0.5) is 4.79 Å². The van der Waals surface area contributed by atoms with E-state index in [0.717, 1.165) is 51.9 Å². The van der Waals surface area contributed by atoms with E-state index in [2.05, 4.69) is 64.9 Å². The maximum Gasteiger partial charge on any atom is 0.314 e. The van der Waals surface area contributed by atoms with Crippen LogP contribution >= 0.6 is 0 Å². The number of amides is 2. The average molecular weight is 581 g/mol. The summed E-state index contributed by atoms with van der Waals surface area (Å²) >= 11 is 0. The van der Waals surface area contributed by atoms with E-state index in [-0.39, 0.29) is 13.5 Å². The lowest BCUT2D eigenvalue weighted by Gasteiger charge is -2.15. The minimum absolute atomic E-state index is 0. The van der Waals surface area contributed by atoms with E-state index < -0.39 is 16.1 Å². The van der Waals surface area contributed by atoms with Crippen LogP contribution in [0.25, 0.3) is 0 Å². The summed E-state index contributed by atoms with van der Waals surface area (Å²) in [5.41, 5.74) is 5.31. The molecular weight excluding hydrogens is 525 g/mol. The van der Waals surface area contributed by atoms with Crippen LogP contribution in [0.2, 0.25) is 51.4 Å². The molecule has 0 aliphatic carbocycles. The van der Waals surface area contributed by atoms with Crippen LogP contribution in [-0.4, -0.2) is 73.5 Å². The van der Waals surface area contributed by atoms with Gasteiger partial charge in [-0.3, -0.25) is 0 Å². The minimum Gasteiger partial charge on any atom is -0.338 e. The summed E-state index contributed by atoms with van der Waals surface area (Å²) in [6, 6.07) is 2.45. The number of isocyanates is 1. The van der Waals surface area contributed by atoms with Gasteiger partial charge in [0.15, 0.2) is 0 Å². The van der Waals surface area contributed by atoms with Crippen molar-refractivity contribution >= 4 is 28.3 Å². The van der Waals surface area contributed by atoms with Crippen molar-refractivity contribution in [3.8, 4) is 0 Å². The lowest BCUT2D eigenvalue weighted by molar-refractivity contribution is 0.240. The van der Waals surface area contributed by atoms with Gasteiger partial charge >= 0.3 is 6.03 Å². The molecule has 0 radical (unpaired) electrons. The van der Waals surface area contributed by atoms with Crippen molar-refractivity contribution in [1.82, 2.24) is 29.7 Å². The highest BCUT2D eigenvalue weighted by atomic mass is 28.3. The van der Waals surface area contributed by atoms with Crippen LogP contribution in [0.1, 0.15) is 33.1 Å². The van der Waals surface area contributed by atoms with Gasteiger partial charge in [0.25, 0.3) is 0 Å². The standard InChI is InChI=1S/C13H26N4OSi.C7H15NOSi.C6H11N3.CH4/c1-19(2,3)11-5-7-16-13(18)15-6-4-9-17-10-8-14-12-17;1-10(2,3)6-4-5-8-7-9;7-2-1-4-9-5-3-8-6-9;/h8,10,12H,4-7,9,11H2,1-3H3,(H2,15,16,18);4-6H2,1-3H3;3,5-6H,1-2,4,7H2;1H4. The number of rotatable bonds is 15. The van der Waals surface area contributed by atoms with Gasteiger partial charge in [0.05, 0.1) is 19.2 Å². The molecule has 0 fully saturated rings. The molecule has 4 N–H and O–H groups in total. The van der Waals surface area contributed by atoms with Crippen LogP contribution in [-0.2, 0) is 17.9 Å². The molecule has 0 atom stereocenters. The number of carbonyl (C=O) groups excluding carboxylic acids is 2. The molecule has 0 unspecified atom stereocenters. The molecule has 2 heterocycles. The summed E-state index contributed by atoms with van der Waals surface area (Å²) in [6.07, 6.45) is 16.6. The molecule has 0 saturated carbocycles. The first-order valence-corrected chi connectivity index (χ1v) is 21.0. The van der Waals surface area contributed by atoms with E-state index in [9.17, 15) is 9.59 Å². The zero-order chi connectivity index (χ0) is 28.7. The third-order valence-corrected chi connectivity index (χ3v) is 8.97. The summed E-state index contributed by atoms with van der Waals surface area (Å²) in [4.78, 5) is 32.5. The zero-order valence-electron chi connectivity index (χ0n) is 24.6. The summed E-state index contributed by atoms with van der Waals surface area (Å²) < 4.78 is 4.03. The van der Waals surface area contributed by atoms with Gasteiger partial charge in [-0.1, -0.05) is 58.8 Å². The van der Waals surface area contributed by atoms with Crippen molar-refractivity contribution in [2.75, 3.05) is 26.2 Å². The number of nitrogens with zero attached hydrogens (tertiary/aromatic N) is 5. The number of imidazole rings is 2. The SMILES string of the molecule is C.C[Si](C)(C)CCCN=C=O.C[Si](C)(C)CCCNC(=O)NCCCn1ccnc1.NCCCn1ccnc1. The summed E-state index contributed by atoms with van der Waals surface area (Å²) in [5.74, 6) is 0. The number of hydrogen-bond acceptors (Lipinski definition) is 6. The average Bonchev–Trinajstić information content (AvgIpc) is 3.55. The molecule has 12 heteroatoms. The summed E-state index contributed by atoms with van der Waals surface area (Å²) in [7, 11) is -1.87. The van der Waals surface area contributed by atoms with E-state index in [0.29, 0.717) is 13.1 Å². The molecule has 2 amide bonds. The zero-order valence-corrected chi connectivity index (χ0v) is 26.6. The normalized spacial score (nSPS) is 10.5. The molecule has 2 aromatic heterocycles. The number of hydrogen-bond donors (Lipinski definition) is 3. The second-order valence-electron chi connectivity index (χ2n) is 11.6. The van der Waals surface area contributed by atoms with Gasteiger partial charge in [-0.2, -0.15) is 0 Å². The highest BCUT2D eigenvalue weighted by Gasteiger charge is 2.12. The van der Waals surface area contributed by atoms with Gasteiger partial charge in [-0.15, -0.1) is 0 Å².